The minimum absolute atomic E-state index is 0.0982. The molecule has 96 valence electrons. The third kappa shape index (κ3) is 1.34. The van der Waals surface area contributed by atoms with Crippen LogP contribution in [0.25, 0.3) is 0 Å². The van der Waals surface area contributed by atoms with Crippen molar-refractivity contribution in [3.05, 3.63) is 12.2 Å². The van der Waals surface area contributed by atoms with Gasteiger partial charge in [0.25, 0.3) is 0 Å². The van der Waals surface area contributed by atoms with E-state index in [-0.39, 0.29) is 11.5 Å². The molecule has 3 aliphatic rings. The minimum Gasteiger partial charge on any atom is -0.365 e. The van der Waals surface area contributed by atoms with Crippen molar-refractivity contribution in [3.63, 3.8) is 0 Å². The van der Waals surface area contributed by atoms with Gasteiger partial charge in [0.1, 0.15) is 0 Å². The third-order valence-corrected chi connectivity index (χ3v) is 5.58. The summed E-state index contributed by atoms with van der Waals surface area (Å²) in [6.45, 7) is 10.9. The molecule has 17 heavy (non-hydrogen) atoms. The molecule has 3 unspecified atom stereocenters. The van der Waals surface area contributed by atoms with Crippen LogP contribution in [-0.4, -0.2) is 16.5 Å². The van der Waals surface area contributed by atoms with E-state index in [0.29, 0.717) is 24.2 Å². The Morgan fingerprint density at radius 3 is 2.76 bits per heavy atom. The van der Waals surface area contributed by atoms with Crippen LogP contribution in [0.2, 0.25) is 0 Å². The first-order valence-corrected chi connectivity index (χ1v) is 6.99. The lowest BCUT2D eigenvalue weighted by atomic mass is 9.77. The molecule has 0 aromatic heterocycles. The SMILES string of the molecule is C=C1C[C@@]2(O)O[C@@]3(CC2C(C)C)C(C)CCC13. The van der Waals surface area contributed by atoms with Gasteiger partial charge in [0, 0.05) is 18.3 Å². The fourth-order valence-electron chi connectivity index (χ4n) is 4.64. The van der Waals surface area contributed by atoms with Gasteiger partial charge < -0.3 is 9.84 Å². The first-order valence-electron chi connectivity index (χ1n) is 6.99. The molecular formula is C15H24O2. The van der Waals surface area contributed by atoms with Crippen molar-refractivity contribution >= 4 is 0 Å². The zero-order valence-electron chi connectivity index (χ0n) is 11.2. The van der Waals surface area contributed by atoms with Crippen LogP contribution in [0.3, 0.4) is 0 Å². The molecule has 0 aromatic carbocycles. The largest absolute Gasteiger partial charge is 0.365 e. The summed E-state index contributed by atoms with van der Waals surface area (Å²) in [6, 6.07) is 0. The van der Waals surface area contributed by atoms with Crippen molar-refractivity contribution in [3.8, 4) is 0 Å². The van der Waals surface area contributed by atoms with Crippen molar-refractivity contribution in [2.24, 2.45) is 23.7 Å². The van der Waals surface area contributed by atoms with E-state index in [1.807, 2.05) is 0 Å². The molecule has 2 nitrogen and oxygen atoms in total. The van der Waals surface area contributed by atoms with Gasteiger partial charge in [-0.25, -0.2) is 0 Å². The second kappa shape index (κ2) is 3.36. The molecule has 3 rings (SSSR count). The Morgan fingerprint density at radius 1 is 1.41 bits per heavy atom. The summed E-state index contributed by atoms with van der Waals surface area (Å²) in [5.41, 5.74) is 1.13. The van der Waals surface area contributed by atoms with E-state index in [1.54, 1.807) is 0 Å². The summed E-state index contributed by atoms with van der Waals surface area (Å²) in [4.78, 5) is 0. The van der Waals surface area contributed by atoms with Gasteiger partial charge in [-0.1, -0.05) is 32.9 Å². The molecule has 0 amide bonds. The normalized spacial score (nSPS) is 53.2. The van der Waals surface area contributed by atoms with Gasteiger partial charge in [0.15, 0.2) is 5.79 Å². The Labute approximate surface area is 104 Å². The average Bonchev–Trinajstić information content (AvgIpc) is 2.65. The Balaban J connectivity index is 2.04. The Morgan fingerprint density at radius 2 is 2.12 bits per heavy atom. The summed E-state index contributed by atoms with van der Waals surface area (Å²) in [6.07, 6.45) is 4.08. The smallest absolute Gasteiger partial charge is 0.173 e. The van der Waals surface area contributed by atoms with Crippen molar-refractivity contribution in [2.45, 2.75) is 57.8 Å². The van der Waals surface area contributed by atoms with Crippen molar-refractivity contribution in [1.82, 2.24) is 0 Å². The van der Waals surface area contributed by atoms with Crippen LogP contribution in [0.4, 0.5) is 0 Å². The van der Waals surface area contributed by atoms with E-state index >= 15 is 0 Å². The number of rotatable bonds is 1. The van der Waals surface area contributed by atoms with E-state index in [0.717, 1.165) is 6.42 Å². The van der Waals surface area contributed by atoms with E-state index < -0.39 is 5.79 Å². The summed E-state index contributed by atoms with van der Waals surface area (Å²) < 4.78 is 6.25. The highest BCUT2D eigenvalue weighted by molar-refractivity contribution is 5.24. The van der Waals surface area contributed by atoms with Gasteiger partial charge in [-0.05, 0) is 31.1 Å². The highest BCUT2D eigenvalue weighted by Crippen LogP contribution is 2.63. The Hall–Kier alpha value is -0.340. The fraction of sp³-hybridized carbons (Fsp3) is 0.867. The number of ether oxygens (including phenoxy) is 1. The topological polar surface area (TPSA) is 29.5 Å². The Bertz CT molecular complexity index is 362. The molecule has 3 fully saturated rings. The summed E-state index contributed by atoms with van der Waals surface area (Å²) in [7, 11) is 0. The molecule has 2 heterocycles. The second-order valence-corrected chi connectivity index (χ2v) is 6.82. The molecule has 2 saturated heterocycles. The van der Waals surface area contributed by atoms with Crippen LogP contribution in [-0.2, 0) is 4.74 Å². The molecule has 1 spiro atoms. The summed E-state index contributed by atoms with van der Waals surface area (Å²) in [5, 5.41) is 10.8. The maximum absolute atomic E-state index is 10.8. The minimum atomic E-state index is -0.930. The van der Waals surface area contributed by atoms with Gasteiger partial charge in [-0.15, -0.1) is 0 Å². The second-order valence-electron chi connectivity index (χ2n) is 6.82. The predicted octanol–water partition coefficient (Wildman–Crippen LogP) is 3.11. The summed E-state index contributed by atoms with van der Waals surface area (Å²) >= 11 is 0. The van der Waals surface area contributed by atoms with Gasteiger partial charge >= 0.3 is 0 Å². The van der Waals surface area contributed by atoms with E-state index in [9.17, 15) is 5.11 Å². The lowest BCUT2D eigenvalue weighted by Crippen LogP contribution is -2.48. The molecule has 0 aromatic rings. The first kappa shape index (κ1) is 11.7. The zero-order valence-corrected chi connectivity index (χ0v) is 11.2. The monoisotopic (exact) mass is 236 g/mol. The highest BCUT2D eigenvalue weighted by atomic mass is 16.6. The molecule has 2 bridgehead atoms. The van der Waals surface area contributed by atoms with Gasteiger partial charge in [-0.2, -0.15) is 0 Å². The molecule has 2 heteroatoms. The van der Waals surface area contributed by atoms with E-state index in [4.69, 9.17) is 4.74 Å². The first-order chi connectivity index (χ1) is 7.89. The summed E-state index contributed by atoms with van der Waals surface area (Å²) in [5.74, 6) is 0.852. The lowest BCUT2D eigenvalue weighted by molar-refractivity contribution is -0.269. The van der Waals surface area contributed by atoms with E-state index in [1.165, 1.54) is 18.4 Å². The quantitative estimate of drug-likeness (QED) is 0.709. The van der Waals surface area contributed by atoms with Crippen molar-refractivity contribution in [2.75, 3.05) is 0 Å². The van der Waals surface area contributed by atoms with Crippen LogP contribution in [0.5, 0.6) is 0 Å². The molecule has 5 atom stereocenters. The Kier molecular flexibility index (Phi) is 2.32. The van der Waals surface area contributed by atoms with E-state index in [2.05, 4.69) is 27.4 Å². The standard InChI is InChI=1S/C15H24O2/c1-9(2)13-8-14-11(4)5-6-12(14)10(3)7-15(13,16)17-14/h9,11-13,16H,3,5-8H2,1-2,4H3/t11?,12?,13?,14-,15+/m0/s1. The van der Waals surface area contributed by atoms with Gasteiger partial charge in [0.2, 0.25) is 0 Å². The zero-order chi connectivity index (χ0) is 12.4. The van der Waals surface area contributed by atoms with Crippen molar-refractivity contribution in [1.29, 1.82) is 0 Å². The molecule has 1 N–H and O–H groups in total. The molecule has 1 aliphatic carbocycles. The number of hydrogen-bond donors (Lipinski definition) is 1. The van der Waals surface area contributed by atoms with Gasteiger partial charge in [0.05, 0.1) is 5.60 Å². The highest BCUT2D eigenvalue weighted by Gasteiger charge is 2.66. The molecule has 2 aliphatic heterocycles. The third-order valence-electron chi connectivity index (χ3n) is 5.58. The fourth-order valence-corrected chi connectivity index (χ4v) is 4.64. The molecule has 1 saturated carbocycles. The van der Waals surface area contributed by atoms with Gasteiger partial charge in [-0.3, -0.25) is 0 Å². The lowest BCUT2D eigenvalue weighted by Gasteiger charge is -2.43. The van der Waals surface area contributed by atoms with Crippen LogP contribution in [0.15, 0.2) is 12.2 Å². The van der Waals surface area contributed by atoms with Crippen LogP contribution < -0.4 is 0 Å². The number of fused-ring (bicyclic) bond motifs is 1. The number of hydrogen-bond acceptors (Lipinski definition) is 2. The molecular weight excluding hydrogens is 212 g/mol. The maximum atomic E-state index is 10.8. The average molecular weight is 236 g/mol. The number of aliphatic hydroxyl groups is 1. The van der Waals surface area contributed by atoms with Crippen LogP contribution >= 0.6 is 0 Å². The van der Waals surface area contributed by atoms with Crippen LogP contribution in [0, 0.1) is 23.7 Å². The molecule has 0 radical (unpaired) electrons. The maximum Gasteiger partial charge on any atom is 0.173 e. The van der Waals surface area contributed by atoms with Crippen molar-refractivity contribution < 1.29 is 9.84 Å². The van der Waals surface area contributed by atoms with Crippen LogP contribution in [0.1, 0.15) is 46.5 Å². The predicted molar refractivity (Wildman–Crippen MR) is 67.4 cm³/mol.